The number of carbonyl (C=O) groups is 2. The first-order valence-corrected chi connectivity index (χ1v) is 7.68. The van der Waals surface area contributed by atoms with E-state index in [0.717, 1.165) is 17.2 Å². The van der Waals surface area contributed by atoms with E-state index < -0.39 is 16.8 Å². The van der Waals surface area contributed by atoms with E-state index in [-0.39, 0.29) is 29.4 Å². The molecular formula is C17H15ClN2O5. The highest BCUT2D eigenvalue weighted by molar-refractivity contribution is 6.32. The highest BCUT2D eigenvalue weighted by Crippen LogP contribution is 2.24. The summed E-state index contributed by atoms with van der Waals surface area (Å²) in [5.41, 5.74) is 1.52. The minimum absolute atomic E-state index is 0.0304. The molecular weight excluding hydrogens is 348 g/mol. The maximum absolute atomic E-state index is 12.0. The Hall–Kier alpha value is -2.93. The zero-order chi connectivity index (χ0) is 18.4. The molecule has 0 saturated heterocycles. The van der Waals surface area contributed by atoms with Crippen molar-refractivity contribution in [1.29, 1.82) is 0 Å². The standard InChI is InChI=1S/C17H15ClN2O5/c1-11-4-2-3-5-13(11)10-25-16(21)9-19-17(22)12-6-7-14(18)15(8-12)20(23)24/h2-8H,9-10H2,1H3,(H,19,22). The van der Waals surface area contributed by atoms with Gasteiger partial charge in [0.25, 0.3) is 11.6 Å². The molecule has 0 fully saturated rings. The van der Waals surface area contributed by atoms with Gasteiger partial charge in [0.2, 0.25) is 0 Å². The van der Waals surface area contributed by atoms with E-state index in [2.05, 4.69) is 5.32 Å². The molecule has 7 nitrogen and oxygen atoms in total. The fraction of sp³-hybridized carbons (Fsp3) is 0.176. The fourth-order valence-corrected chi connectivity index (χ4v) is 2.22. The number of hydrogen-bond donors (Lipinski definition) is 1. The first-order valence-electron chi connectivity index (χ1n) is 7.30. The summed E-state index contributed by atoms with van der Waals surface area (Å²) in [5.74, 6) is -1.24. The molecule has 0 spiro atoms. The molecule has 1 N–H and O–H groups in total. The number of nitrogens with zero attached hydrogens (tertiary/aromatic N) is 1. The minimum Gasteiger partial charge on any atom is -0.459 e. The summed E-state index contributed by atoms with van der Waals surface area (Å²) in [5, 5.41) is 13.1. The first kappa shape index (κ1) is 18.4. The molecule has 2 rings (SSSR count). The van der Waals surface area contributed by atoms with Crippen LogP contribution in [0.3, 0.4) is 0 Å². The Morgan fingerprint density at radius 2 is 1.96 bits per heavy atom. The Morgan fingerprint density at radius 3 is 2.64 bits per heavy atom. The third-order valence-electron chi connectivity index (χ3n) is 3.45. The highest BCUT2D eigenvalue weighted by atomic mass is 35.5. The van der Waals surface area contributed by atoms with Gasteiger partial charge in [-0.2, -0.15) is 0 Å². The van der Waals surface area contributed by atoms with Crippen LogP contribution in [-0.4, -0.2) is 23.3 Å². The molecule has 0 unspecified atom stereocenters. The van der Waals surface area contributed by atoms with Crippen LogP contribution >= 0.6 is 11.6 Å². The lowest BCUT2D eigenvalue weighted by Gasteiger charge is -2.08. The molecule has 0 aliphatic rings. The maximum atomic E-state index is 12.0. The van der Waals surface area contributed by atoms with E-state index >= 15 is 0 Å². The second-order valence-electron chi connectivity index (χ2n) is 5.19. The Balaban J connectivity index is 1.89. The van der Waals surface area contributed by atoms with Crippen molar-refractivity contribution in [3.05, 3.63) is 74.3 Å². The molecule has 0 atom stereocenters. The molecule has 2 aromatic rings. The molecule has 0 bridgehead atoms. The summed E-state index contributed by atoms with van der Waals surface area (Å²) in [6.45, 7) is 1.66. The normalized spacial score (nSPS) is 10.2. The molecule has 0 aliphatic heterocycles. The topological polar surface area (TPSA) is 98.5 Å². The van der Waals surface area contributed by atoms with Crippen molar-refractivity contribution < 1.29 is 19.2 Å². The van der Waals surface area contributed by atoms with Gasteiger partial charge in [-0.05, 0) is 30.2 Å². The lowest BCUT2D eigenvalue weighted by atomic mass is 10.1. The summed E-state index contributed by atoms with van der Waals surface area (Å²) in [4.78, 5) is 33.8. The number of benzene rings is 2. The zero-order valence-electron chi connectivity index (χ0n) is 13.3. The fourth-order valence-electron chi connectivity index (χ4n) is 2.03. The predicted molar refractivity (Wildman–Crippen MR) is 91.4 cm³/mol. The Kier molecular flexibility index (Phi) is 6.08. The largest absolute Gasteiger partial charge is 0.459 e. The number of esters is 1. The molecule has 2 aromatic carbocycles. The van der Waals surface area contributed by atoms with E-state index in [1.807, 2.05) is 31.2 Å². The van der Waals surface area contributed by atoms with Crippen molar-refractivity contribution in [2.24, 2.45) is 0 Å². The SMILES string of the molecule is Cc1ccccc1COC(=O)CNC(=O)c1ccc(Cl)c([N+](=O)[O-])c1. The molecule has 0 radical (unpaired) electrons. The Bertz CT molecular complexity index is 822. The summed E-state index contributed by atoms with van der Waals surface area (Å²) in [6, 6.07) is 11.1. The summed E-state index contributed by atoms with van der Waals surface area (Å²) >= 11 is 5.69. The van der Waals surface area contributed by atoms with E-state index in [4.69, 9.17) is 16.3 Å². The number of amides is 1. The molecule has 0 aromatic heterocycles. The van der Waals surface area contributed by atoms with Crippen molar-refractivity contribution in [2.45, 2.75) is 13.5 Å². The van der Waals surface area contributed by atoms with Crippen LogP contribution in [0.15, 0.2) is 42.5 Å². The highest BCUT2D eigenvalue weighted by Gasteiger charge is 2.17. The van der Waals surface area contributed by atoms with Crippen LogP contribution in [-0.2, 0) is 16.1 Å². The van der Waals surface area contributed by atoms with E-state index in [1.54, 1.807) is 0 Å². The number of carbonyl (C=O) groups excluding carboxylic acids is 2. The maximum Gasteiger partial charge on any atom is 0.325 e. The molecule has 8 heteroatoms. The van der Waals surface area contributed by atoms with Gasteiger partial charge >= 0.3 is 5.97 Å². The van der Waals surface area contributed by atoms with Gasteiger partial charge in [0.05, 0.1) is 4.92 Å². The van der Waals surface area contributed by atoms with Crippen molar-refractivity contribution in [3.8, 4) is 0 Å². The second kappa shape index (κ2) is 8.25. The summed E-state index contributed by atoms with van der Waals surface area (Å²) in [7, 11) is 0. The second-order valence-corrected chi connectivity index (χ2v) is 5.60. The van der Waals surface area contributed by atoms with Gasteiger partial charge < -0.3 is 10.1 Å². The minimum atomic E-state index is -0.685. The Morgan fingerprint density at radius 1 is 1.24 bits per heavy atom. The summed E-state index contributed by atoms with van der Waals surface area (Å²) < 4.78 is 5.09. The summed E-state index contributed by atoms with van der Waals surface area (Å²) in [6.07, 6.45) is 0. The van der Waals surface area contributed by atoms with Gasteiger partial charge in [-0.1, -0.05) is 35.9 Å². The van der Waals surface area contributed by atoms with Crippen LogP contribution in [0.4, 0.5) is 5.69 Å². The lowest BCUT2D eigenvalue weighted by molar-refractivity contribution is -0.384. The van der Waals surface area contributed by atoms with E-state index in [9.17, 15) is 19.7 Å². The van der Waals surface area contributed by atoms with Gasteiger partial charge in [-0.25, -0.2) is 0 Å². The average molecular weight is 363 g/mol. The van der Waals surface area contributed by atoms with Crippen LogP contribution in [0.2, 0.25) is 5.02 Å². The van der Waals surface area contributed by atoms with Gasteiger partial charge in [-0.15, -0.1) is 0 Å². The average Bonchev–Trinajstić information content (AvgIpc) is 2.59. The van der Waals surface area contributed by atoms with Crippen LogP contribution in [0.1, 0.15) is 21.5 Å². The van der Waals surface area contributed by atoms with E-state index in [1.165, 1.54) is 12.1 Å². The quantitative estimate of drug-likeness (QED) is 0.483. The van der Waals surface area contributed by atoms with Crippen molar-refractivity contribution in [3.63, 3.8) is 0 Å². The van der Waals surface area contributed by atoms with Crippen molar-refractivity contribution in [2.75, 3.05) is 6.54 Å². The van der Waals surface area contributed by atoms with Gasteiger partial charge in [0, 0.05) is 11.6 Å². The molecule has 1 amide bonds. The van der Waals surface area contributed by atoms with Crippen LogP contribution in [0, 0.1) is 17.0 Å². The van der Waals surface area contributed by atoms with Crippen LogP contribution in [0.25, 0.3) is 0 Å². The Labute approximate surface area is 148 Å². The molecule has 0 heterocycles. The van der Waals surface area contributed by atoms with Gasteiger partial charge in [0.15, 0.2) is 0 Å². The molecule has 0 saturated carbocycles. The number of nitrogens with one attached hydrogen (secondary N) is 1. The zero-order valence-corrected chi connectivity index (χ0v) is 14.1. The van der Waals surface area contributed by atoms with Gasteiger partial charge in [0.1, 0.15) is 18.2 Å². The van der Waals surface area contributed by atoms with E-state index in [0.29, 0.717) is 0 Å². The number of ether oxygens (including phenoxy) is 1. The molecule has 25 heavy (non-hydrogen) atoms. The third kappa shape index (κ3) is 5.02. The molecule has 0 aliphatic carbocycles. The van der Waals surface area contributed by atoms with Crippen molar-refractivity contribution >= 4 is 29.2 Å². The number of rotatable bonds is 6. The number of halogens is 1. The number of hydrogen-bond acceptors (Lipinski definition) is 5. The van der Waals surface area contributed by atoms with Crippen molar-refractivity contribution in [1.82, 2.24) is 5.32 Å². The first-order chi connectivity index (χ1) is 11.9. The van der Waals surface area contributed by atoms with Crippen LogP contribution < -0.4 is 5.32 Å². The number of nitro benzene ring substituents is 1. The third-order valence-corrected chi connectivity index (χ3v) is 3.77. The monoisotopic (exact) mass is 362 g/mol. The number of nitro groups is 1. The van der Waals surface area contributed by atoms with Gasteiger partial charge in [-0.3, -0.25) is 19.7 Å². The van der Waals surface area contributed by atoms with Crippen LogP contribution in [0.5, 0.6) is 0 Å². The molecule has 130 valence electrons. The number of aryl methyl sites for hydroxylation is 1. The smallest absolute Gasteiger partial charge is 0.325 e. The lowest BCUT2D eigenvalue weighted by Crippen LogP contribution is -2.30. The predicted octanol–water partition coefficient (Wildman–Crippen LogP) is 3.03.